The third-order valence-electron chi connectivity index (χ3n) is 4.58. The molecule has 0 unspecified atom stereocenters. The molecule has 0 saturated heterocycles. The summed E-state index contributed by atoms with van der Waals surface area (Å²) in [6.45, 7) is 0.331. The Hall–Kier alpha value is -3.12. The summed E-state index contributed by atoms with van der Waals surface area (Å²) in [6, 6.07) is 21.3. The minimum Gasteiger partial charge on any atom is -0.497 e. The molecule has 0 amide bonds. The lowest BCUT2D eigenvalue weighted by molar-refractivity contribution is 0.414. The average Bonchev–Trinajstić information content (AvgIpc) is 2.76. The van der Waals surface area contributed by atoms with Crippen LogP contribution in [0.15, 0.2) is 82.7 Å². The van der Waals surface area contributed by atoms with E-state index in [0.29, 0.717) is 28.4 Å². The maximum Gasteiger partial charge on any atom is 0.262 e. The molecule has 4 aromatic rings. The second-order valence-electron chi connectivity index (χ2n) is 6.57. The number of para-hydroxylation sites is 1. The molecule has 3 aromatic carbocycles. The van der Waals surface area contributed by atoms with Crippen molar-refractivity contribution in [3.63, 3.8) is 0 Å². The van der Waals surface area contributed by atoms with Crippen LogP contribution in [-0.2, 0) is 12.3 Å². The second-order valence-corrected chi connectivity index (χ2v) is 7.51. The summed E-state index contributed by atoms with van der Waals surface area (Å²) >= 11 is 1.49. The molecule has 0 aliphatic carbocycles. The maximum absolute atomic E-state index is 13.3. The van der Waals surface area contributed by atoms with Crippen molar-refractivity contribution in [2.75, 3.05) is 7.11 Å². The molecule has 4 nitrogen and oxygen atoms in total. The molecular weight excluding hydrogens is 387 g/mol. The van der Waals surface area contributed by atoms with E-state index in [1.165, 1.54) is 23.9 Å². The number of benzene rings is 3. The van der Waals surface area contributed by atoms with Crippen molar-refractivity contribution in [2.45, 2.75) is 17.5 Å². The van der Waals surface area contributed by atoms with Gasteiger partial charge in [0.25, 0.3) is 5.56 Å². The molecular formula is C23H19FN2O2S. The van der Waals surface area contributed by atoms with Gasteiger partial charge < -0.3 is 4.74 Å². The first-order chi connectivity index (χ1) is 14.1. The van der Waals surface area contributed by atoms with Gasteiger partial charge in [-0.15, -0.1) is 0 Å². The molecule has 1 heterocycles. The van der Waals surface area contributed by atoms with E-state index >= 15 is 0 Å². The van der Waals surface area contributed by atoms with Crippen LogP contribution in [0.2, 0.25) is 0 Å². The zero-order valence-electron chi connectivity index (χ0n) is 15.8. The summed E-state index contributed by atoms with van der Waals surface area (Å²) in [5.41, 5.74) is 2.48. The standard InChI is InChI=1S/C23H19FN2O2S/c1-28-19-6-4-5-17(13-19)15-29-23-25-21-8-3-2-7-20(21)22(27)26(23)14-16-9-11-18(24)12-10-16/h2-13H,14-15H2,1H3. The highest BCUT2D eigenvalue weighted by Crippen LogP contribution is 2.24. The summed E-state index contributed by atoms with van der Waals surface area (Å²) in [4.78, 5) is 17.9. The lowest BCUT2D eigenvalue weighted by atomic mass is 10.2. The van der Waals surface area contributed by atoms with Crippen molar-refractivity contribution < 1.29 is 9.13 Å². The summed E-state index contributed by atoms with van der Waals surface area (Å²) in [6.07, 6.45) is 0. The summed E-state index contributed by atoms with van der Waals surface area (Å²) in [7, 11) is 1.64. The van der Waals surface area contributed by atoms with E-state index < -0.39 is 0 Å². The number of rotatable bonds is 6. The number of methoxy groups -OCH3 is 1. The van der Waals surface area contributed by atoms with Gasteiger partial charge in [-0.25, -0.2) is 9.37 Å². The SMILES string of the molecule is COc1cccc(CSc2nc3ccccc3c(=O)n2Cc2ccc(F)cc2)c1. The Balaban J connectivity index is 1.72. The van der Waals surface area contributed by atoms with E-state index in [-0.39, 0.29) is 11.4 Å². The third-order valence-corrected chi connectivity index (χ3v) is 5.63. The van der Waals surface area contributed by atoms with Crippen LogP contribution < -0.4 is 10.3 Å². The molecule has 6 heteroatoms. The van der Waals surface area contributed by atoms with Crippen molar-refractivity contribution in [1.82, 2.24) is 9.55 Å². The quantitative estimate of drug-likeness (QED) is 0.338. The van der Waals surface area contributed by atoms with Crippen LogP contribution in [-0.4, -0.2) is 16.7 Å². The molecule has 0 bridgehead atoms. The number of halogens is 1. The fourth-order valence-corrected chi connectivity index (χ4v) is 4.02. The molecule has 0 N–H and O–H groups in total. The fraction of sp³-hybridized carbons (Fsp3) is 0.130. The van der Waals surface area contributed by atoms with Gasteiger partial charge >= 0.3 is 0 Å². The summed E-state index contributed by atoms with van der Waals surface area (Å²) in [5, 5.41) is 1.20. The van der Waals surface area contributed by atoms with Crippen LogP contribution in [0.25, 0.3) is 10.9 Å². The molecule has 0 spiro atoms. The van der Waals surface area contributed by atoms with Gasteiger partial charge in [-0.2, -0.15) is 0 Å². The predicted molar refractivity (Wildman–Crippen MR) is 114 cm³/mol. The molecule has 4 rings (SSSR count). The highest BCUT2D eigenvalue weighted by molar-refractivity contribution is 7.98. The number of aromatic nitrogens is 2. The van der Waals surface area contributed by atoms with Crippen LogP contribution in [0, 0.1) is 5.82 Å². The zero-order chi connectivity index (χ0) is 20.2. The van der Waals surface area contributed by atoms with E-state index in [0.717, 1.165) is 16.9 Å². The van der Waals surface area contributed by atoms with Gasteiger partial charge in [0.2, 0.25) is 0 Å². The van der Waals surface area contributed by atoms with Crippen LogP contribution in [0.3, 0.4) is 0 Å². The Labute approximate surface area is 172 Å². The van der Waals surface area contributed by atoms with E-state index in [9.17, 15) is 9.18 Å². The van der Waals surface area contributed by atoms with Gasteiger partial charge in [-0.05, 0) is 47.5 Å². The van der Waals surface area contributed by atoms with Gasteiger partial charge in [-0.1, -0.05) is 48.2 Å². The maximum atomic E-state index is 13.3. The fourth-order valence-electron chi connectivity index (χ4n) is 3.08. The van der Waals surface area contributed by atoms with Crippen LogP contribution in [0.4, 0.5) is 4.39 Å². The molecule has 146 valence electrons. The van der Waals surface area contributed by atoms with Crippen molar-refractivity contribution in [2.24, 2.45) is 0 Å². The second kappa shape index (κ2) is 8.49. The lowest BCUT2D eigenvalue weighted by Crippen LogP contribution is -2.24. The van der Waals surface area contributed by atoms with Crippen molar-refractivity contribution >= 4 is 22.7 Å². The molecule has 0 radical (unpaired) electrons. The Morgan fingerprint density at radius 2 is 1.79 bits per heavy atom. The summed E-state index contributed by atoms with van der Waals surface area (Å²) < 4.78 is 20.2. The first kappa shape index (κ1) is 19.2. The normalized spacial score (nSPS) is 11.0. The first-order valence-corrected chi connectivity index (χ1v) is 10.1. The Bertz CT molecular complexity index is 1210. The van der Waals surface area contributed by atoms with Gasteiger partial charge in [0.1, 0.15) is 11.6 Å². The van der Waals surface area contributed by atoms with Crippen molar-refractivity contribution in [1.29, 1.82) is 0 Å². The third kappa shape index (κ3) is 4.32. The summed E-state index contributed by atoms with van der Waals surface area (Å²) in [5.74, 6) is 1.13. The van der Waals surface area contributed by atoms with E-state index in [1.807, 2.05) is 42.5 Å². The topological polar surface area (TPSA) is 44.1 Å². The Morgan fingerprint density at radius 3 is 2.59 bits per heavy atom. The average molecular weight is 406 g/mol. The monoisotopic (exact) mass is 406 g/mol. The van der Waals surface area contributed by atoms with Gasteiger partial charge in [0, 0.05) is 5.75 Å². The van der Waals surface area contributed by atoms with Gasteiger partial charge in [0.05, 0.1) is 24.6 Å². The minimum atomic E-state index is -0.301. The van der Waals surface area contributed by atoms with Gasteiger partial charge in [-0.3, -0.25) is 9.36 Å². The van der Waals surface area contributed by atoms with Crippen molar-refractivity contribution in [3.05, 3.63) is 100 Å². The highest BCUT2D eigenvalue weighted by atomic mass is 32.2. The van der Waals surface area contributed by atoms with E-state index in [4.69, 9.17) is 9.72 Å². The van der Waals surface area contributed by atoms with Crippen molar-refractivity contribution in [3.8, 4) is 5.75 Å². The Kier molecular flexibility index (Phi) is 5.62. The number of hydrogen-bond acceptors (Lipinski definition) is 4. The van der Waals surface area contributed by atoms with Gasteiger partial charge in [0.15, 0.2) is 5.16 Å². The molecule has 0 aliphatic rings. The minimum absolute atomic E-state index is 0.104. The highest BCUT2D eigenvalue weighted by Gasteiger charge is 2.12. The van der Waals surface area contributed by atoms with E-state index in [2.05, 4.69) is 0 Å². The predicted octanol–water partition coefficient (Wildman–Crippen LogP) is 4.88. The number of ether oxygens (including phenoxy) is 1. The van der Waals surface area contributed by atoms with Crippen LogP contribution >= 0.6 is 11.8 Å². The number of nitrogens with zero attached hydrogens (tertiary/aromatic N) is 2. The molecule has 0 fully saturated rings. The Morgan fingerprint density at radius 1 is 1.00 bits per heavy atom. The molecule has 0 atom stereocenters. The van der Waals surface area contributed by atoms with Crippen LogP contribution in [0.1, 0.15) is 11.1 Å². The number of hydrogen-bond donors (Lipinski definition) is 0. The molecule has 0 aliphatic heterocycles. The molecule has 29 heavy (non-hydrogen) atoms. The number of fused-ring (bicyclic) bond motifs is 1. The zero-order valence-corrected chi connectivity index (χ0v) is 16.7. The molecule has 1 aromatic heterocycles. The number of thioether (sulfide) groups is 1. The first-order valence-electron chi connectivity index (χ1n) is 9.14. The van der Waals surface area contributed by atoms with Crippen LogP contribution in [0.5, 0.6) is 5.75 Å². The molecule has 0 saturated carbocycles. The largest absolute Gasteiger partial charge is 0.497 e. The van der Waals surface area contributed by atoms with E-state index in [1.54, 1.807) is 29.9 Å². The smallest absolute Gasteiger partial charge is 0.262 e. The lowest BCUT2D eigenvalue weighted by Gasteiger charge is -2.13.